The number of methoxy groups -OCH3 is 1. The number of aryl methyl sites for hydroxylation is 1. The van der Waals surface area contributed by atoms with Crippen LogP contribution in [0.25, 0.3) is 0 Å². The molecule has 0 spiro atoms. The summed E-state index contributed by atoms with van der Waals surface area (Å²) in [5.41, 5.74) is 8.69. The maximum atomic E-state index is 5.83. The van der Waals surface area contributed by atoms with Crippen molar-refractivity contribution >= 4 is 0 Å². The van der Waals surface area contributed by atoms with E-state index in [2.05, 4.69) is 4.98 Å². The average molecular weight is 258 g/mol. The fraction of sp³-hybridized carbons (Fsp3) is 0.267. The Hall–Kier alpha value is -2.07. The van der Waals surface area contributed by atoms with Gasteiger partial charge in [0.05, 0.1) is 12.7 Å². The van der Waals surface area contributed by atoms with Gasteiger partial charge in [0, 0.05) is 12.7 Å². The van der Waals surface area contributed by atoms with Crippen LogP contribution in [-0.2, 0) is 13.2 Å². The minimum Gasteiger partial charge on any atom is -0.488 e. The number of aromatic nitrogens is 1. The highest BCUT2D eigenvalue weighted by Crippen LogP contribution is 2.22. The van der Waals surface area contributed by atoms with E-state index in [-0.39, 0.29) is 0 Å². The van der Waals surface area contributed by atoms with Crippen LogP contribution in [0.3, 0.4) is 0 Å². The Balaban J connectivity index is 2.14. The zero-order valence-corrected chi connectivity index (χ0v) is 11.2. The number of benzene rings is 1. The lowest BCUT2D eigenvalue weighted by molar-refractivity contribution is 0.292. The van der Waals surface area contributed by atoms with Gasteiger partial charge < -0.3 is 15.2 Å². The van der Waals surface area contributed by atoms with E-state index in [4.69, 9.17) is 15.2 Å². The second kappa shape index (κ2) is 6.20. The zero-order valence-electron chi connectivity index (χ0n) is 11.2. The van der Waals surface area contributed by atoms with Gasteiger partial charge in [-0.25, -0.2) is 4.98 Å². The molecular formula is C15H18N2O2. The van der Waals surface area contributed by atoms with Crippen molar-refractivity contribution in [1.29, 1.82) is 0 Å². The molecule has 0 atom stereocenters. The molecule has 4 nitrogen and oxygen atoms in total. The number of hydrogen-bond acceptors (Lipinski definition) is 4. The Morgan fingerprint density at radius 1 is 1.26 bits per heavy atom. The van der Waals surface area contributed by atoms with Crippen molar-refractivity contribution in [1.82, 2.24) is 4.98 Å². The molecule has 2 N–H and O–H groups in total. The molecule has 0 radical (unpaired) electrons. The van der Waals surface area contributed by atoms with Crippen molar-refractivity contribution in [2.75, 3.05) is 7.11 Å². The average Bonchev–Trinajstić information content (AvgIpc) is 2.46. The predicted octanol–water partition coefficient (Wildman–Crippen LogP) is 2.44. The van der Waals surface area contributed by atoms with Crippen LogP contribution in [0, 0.1) is 6.92 Å². The molecule has 0 aliphatic heterocycles. The largest absolute Gasteiger partial charge is 0.488 e. The van der Waals surface area contributed by atoms with Crippen molar-refractivity contribution in [2.45, 2.75) is 20.1 Å². The lowest BCUT2D eigenvalue weighted by Gasteiger charge is -2.12. The van der Waals surface area contributed by atoms with E-state index >= 15 is 0 Å². The van der Waals surface area contributed by atoms with Crippen LogP contribution >= 0.6 is 0 Å². The van der Waals surface area contributed by atoms with Gasteiger partial charge in [-0.15, -0.1) is 0 Å². The van der Waals surface area contributed by atoms with Crippen LogP contribution in [0.5, 0.6) is 11.6 Å². The number of nitrogens with zero attached hydrogens (tertiary/aromatic N) is 1. The normalized spacial score (nSPS) is 10.3. The molecule has 0 bridgehead atoms. The van der Waals surface area contributed by atoms with Gasteiger partial charge in [-0.1, -0.05) is 12.1 Å². The van der Waals surface area contributed by atoms with Crippen LogP contribution in [0.15, 0.2) is 36.5 Å². The molecule has 0 saturated carbocycles. The van der Waals surface area contributed by atoms with Crippen molar-refractivity contribution in [3.63, 3.8) is 0 Å². The molecule has 100 valence electrons. The molecule has 19 heavy (non-hydrogen) atoms. The van der Waals surface area contributed by atoms with Crippen molar-refractivity contribution in [3.05, 3.63) is 53.2 Å². The maximum absolute atomic E-state index is 5.83. The van der Waals surface area contributed by atoms with E-state index in [9.17, 15) is 0 Å². The highest BCUT2D eigenvalue weighted by atomic mass is 16.5. The first-order valence-electron chi connectivity index (χ1n) is 6.15. The fourth-order valence-electron chi connectivity index (χ4n) is 1.80. The second-order valence-electron chi connectivity index (χ2n) is 4.26. The SMILES string of the molecule is COc1ncccc1COc1cc(CN)ccc1C. The van der Waals surface area contributed by atoms with Crippen molar-refractivity contribution in [3.8, 4) is 11.6 Å². The van der Waals surface area contributed by atoms with Crippen molar-refractivity contribution < 1.29 is 9.47 Å². The lowest BCUT2D eigenvalue weighted by Crippen LogP contribution is -2.02. The summed E-state index contributed by atoms with van der Waals surface area (Å²) < 4.78 is 11.0. The topological polar surface area (TPSA) is 57.4 Å². The third-order valence-corrected chi connectivity index (χ3v) is 2.91. The Bertz CT molecular complexity index is 556. The standard InChI is InChI=1S/C15H18N2O2/c1-11-5-6-12(9-16)8-14(11)19-10-13-4-3-7-17-15(13)18-2/h3-8H,9-10,16H2,1-2H3. The number of pyridine rings is 1. The summed E-state index contributed by atoms with van der Waals surface area (Å²) in [7, 11) is 1.60. The summed E-state index contributed by atoms with van der Waals surface area (Å²) >= 11 is 0. The first-order valence-corrected chi connectivity index (χ1v) is 6.15. The van der Waals surface area contributed by atoms with Crippen LogP contribution in [0.4, 0.5) is 0 Å². The molecule has 0 saturated heterocycles. The van der Waals surface area contributed by atoms with Gasteiger partial charge in [0.1, 0.15) is 12.4 Å². The highest BCUT2D eigenvalue weighted by molar-refractivity contribution is 5.37. The lowest BCUT2D eigenvalue weighted by atomic mass is 10.1. The minimum atomic E-state index is 0.422. The zero-order chi connectivity index (χ0) is 13.7. The van der Waals surface area contributed by atoms with Gasteiger partial charge in [0.25, 0.3) is 0 Å². The van der Waals surface area contributed by atoms with E-state index in [1.54, 1.807) is 13.3 Å². The summed E-state index contributed by atoms with van der Waals surface area (Å²) in [5.74, 6) is 1.43. The van der Waals surface area contributed by atoms with Crippen molar-refractivity contribution in [2.24, 2.45) is 5.73 Å². The van der Waals surface area contributed by atoms with E-state index in [0.717, 1.165) is 22.4 Å². The molecule has 1 aromatic carbocycles. The van der Waals surface area contributed by atoms with E-state index in [1.807, 2.05) is 37.3 Å². The molecule has 4 heteroatoms. The Morgan fingerprint density at radius 2 is 2.11 bits per heavy atom. The number of nitrogens with two attached hydrogens (primary N) is 1. The molecule has 0 fully saturated rings. The van der Waals surface area contributed by atoms with Gasteiger partial charge in [-0.3, -0.25) is 0 Å². The van der Waals surface area contributed by atoms with Gasteiger partial charge >= 0.3 is 0 Å². The molecule has 2 aromatic rings. The minimum absolute atomic E-state index is 0.422. The Labute approximate surface area is 113 Å². The van der Waals surface area contributed by atoms with E-state index in [0.29, 0.717) is 19.0 Å². The summed E-state index contributed by atoms with van der Waals surface area (Å²) in [5, 5.41) is 0. The van der Waals surface area contributed by atoms with Gasteiger partial charge in [-0.05, 0) is 36.2 Å². The monoisotopic (exact) mass is 258 g/mol. The van der Waals surface area contributed by atoms with Crippen LogP contribution in [-0.4, -0.2) is 12.1 Å². The first-order chi connectivity index (χ1) is 9.24. The third-order valence-electron chi connectivity index (χ3n) is 2.91. The summed E-state index contributed by atoms with van der Waals surface area (Å²) in [6, 6.07) is 9.79. The quantitative estimate of drug-likeness (QED) is 0.895. The second-order valence-corrected chi connectivity index (χ2v) is 4.26. The molecule has 1 aromatic heterocycles. The maximum Gasteiger partial charge on any atom is 0.219 e. The summed E-state index contributed by atoms with van der Waals surface area (Å²) in [4.78, 5) is 4.14. The Morgan fingerprint density at radius 3 is 2.84 bits per heavy atom. The van der Waals surface area contributed by atoms with E-state index < -0.39 is 0 Å². The molecule has 0 unspecified atom stereocenters. The number of ether oxygens (including phenoxy) is 2. The number of rotatable bonds is 5. The highest BCUT2D eigenvalue weighted by Gasteiger charge is 2.06. The molecule has 1 heterocycles. The third kappa shape index (κ3) is 3.23. The number of hydrogen-bond donors (Lipinski definition) is 1. The fourth-order valence-corrected chi connectivity index (χ4v) is 1.80. The summed E-state index contributed by atoms with van der Waals surface area (Å²) in [6.45, 7) is 2.94. The predicted molar refractivity (Wildman–Crippen MR) is 74.2 cm³/mol. The van der Waals surface area contributed by atoms with Crippen LogP contribution in [0.2, 0.25) is 0 Å². The molecule has 0 aliphatic rings. The summed E-state index contributed by atoms with van der Waals surface area (Å²) in [6.07, 6.45) is 1.70. The smallest absolute Gasteiger partial charge is 0.219 e. The molecular weight excluding hydrogens is 240 g/mol. The van der Waals surface area contributed by atoms with Gasteiger partial charge in [-0.2, -0.15) is 0 Å². The van der Waals surface area contributed by atoms with Gasteiger partial charge in [0.2, 0.25) is 5.88 Å². The Kier molecular flexibility index (Phi) is 4.36. The molecule has 2 rings (SSSR count). The molecule has 0 aliphatic carbocycles. The van der Waals surface area contributed by atoms with Crippen LogP contribution in [0.1, 0.15) is 16.7 Å². The first kappa shape index (κ1) is 13.4. The van der Waals surface area contributed by atoms with Crippen LogP contribution < -0.4 is 15.2 Å². The van der Waals surface area contributed by atoms with E-state index in [1.165, 1.54) is 0 Å². The molecule has 0 amide bonds. The van der Waals surface area contributed by atoms with Gasteiger partial charge in [0.15, 0.2) is 0 Å².